The fourth-order valence-electron chi connectivity index (χ4n) is 5.62. The van der Waals surface area contributed by atoms with E-state index in [1.54, 1.807) is 11.7 Å². The average Bonchev–Trinajstić information content (AvgIpc) is 3.57. The van der Waals surface area contributed by atoms with Crippen molar-refractivity contribution in [3.63, 3.8) is 0 Å². The highest BCUT2D eigenvalue weighted by Gasteiger charge is 2.57. The number of fused-ring (bicyclic) bond motifs is 6. The third kappa shape index (κ3) is 3.47. The fraction of sp³-hybridized carbons (Fsp3) is 0.560. The van der Waals surface area contributed by atoms with E-state index in [-0.39, 0.29) is 11.0 Å². The number of pyridine rings is 2. The zero-order valence-electron chi connectivity index (χ0n) is 19.3. The van der Waals surface area contributed by atoms with Gasteiger partial charge in [0.15, 0.2) is 5.43 Å². The monoisotopic (exact) mass is 454 g/mol. The second-order valence-corrected chi connectivity index (χ2v) is 10.2. The summed E-state index contributed by atoms with van der Waals surface area (Å²) < 4.78 is 13.0. The number of hydrogen-bond acceptors (Lipinski definition) is 6. The lowest BCUT2D eigenvalue weighted by atomic mass is 9.76. The molecular weight excluding hydrogens is 424 g/mol. The molecule has 0 aromatic carbocycles. The number of carboxylic acid groups (broad SMARTS) is 1. The van der Waals surface area contributed by atoms with E-state index in [1.807, 2.05) is 6.07 Å². The van der Waals surface area contributed by atoms with Gasteiger partial charge in [0.25, 0.3) is 0 Å². The summed E-state index contributed by atoms with van der Waals surface area (Å²) in [6.45, 7) is 5.22. The van der Waals surface area contributed by atoms with Gasteiger partial charge in [0, 0.05) is 43.9 Å². The lowest BCUT2D eigenvalue weighted by molar-refractivity contribution is -0.0221. The van der Waals surface area contributed by atoms with Gasteiger partial charge in [-0.25, -0.2) is 9.78 Å². The van der Waals surface area contributed by atoms with Gasteiger partial charge in [-0.3, -0.25) is 4.79 Å². The van der Waals surface area contributed by atoms with Crippen LogP contribution < -0.4 is 10.2 Å². The first-order chi connectivity index (χ1) is 15.7. The van der Waals surface area contributed by atoms with Crippen molar-refractivity contribution in [3.05, 3.63) is 45.4 Å². The van der Waals surface area contributed by atoms with Crippen molar-refractivity contribution < 1.29 is 24.5 Å². The van der Waals surface area contributed by atoms with Crippen LogP contribution in [0.1, 0.15) is 79.5 Å². The van der Waals surface area contributed by atoms with Crippen molar-refractivity contribution in [1.29, 1.82) is 0 Å². The van der Waals surface area contributed by atoms with Crippen LogP contribution in [0, 0.1) is 5.41 Å². The quantitative estimate of drug-likeness (QED) is 0.616. The molecule has 0 bridgehead atoms. The molecule has 33 heavy (non-hydrogen) atoms. The minimum absolute atomic E-state index is 0.290. The third-order valence-electron chi connectivity index (χ3n) is 7.37. The molecule has 2 N–H and O–H groups in total. The lowest BCUT2D eigenvalue weighted by Gasteiger charge is -2.44. The largest absolute Gasteiger partial charge is 0.492 e. The van der Waals surface area contributed by atoms with Gasteiger partial charge in [0.05, 0.1) is 29.7 Å². The standard InChI is InChI=1S/C25H30N2O6/c1-24(2)7-8-25(31)16-11-19(33-10-4-9-32-3)20(14-5-6-14)26-21(16)17-12-18(28)15(22(29)30)13-27(17)23(24)25/h11-14,23,31H,4-10H2,1-3H3,(H,29,30)/t23-,25?/m1/s1. The molecule has 2 saturated carbocycles. The van der Waals surface area contributed by atoms with Crippen LogP contribution in [0.25, 0.3) is 11.4 Å². The highest BCUT2D eigenvalue weighted by atomic mass is 16.5. The summed E-state index contributed by atoms with van der Waals surface area (Å²) in [4.78, 5) is 29.3. The molecule has 3 aliphatic rings. The molecule has 2 fully saturated rings. The highest BCUT2D eigenvalue weighted by molar-refractivity contribution is 5.87. The van der Waals surface area contributed by atoms with Crippen LogP contribution in [0.15, 0.2) is 23.1 Å². The molecule has 0 spiro atoms. The Balaban J connectivity index is 1.72. The second-order valence-electron chi connectivity index (χ2n) is 10.2. The first-order valence-corrected chi connectivity index (χ1v) is 11.6. The third-order valence-corrected chi connectivity index (χ3v) is 7.37. The Bertz CT molecular complexity index is 1180. The van der Waals surface area contributed by atoms with Crippen LogP contribution >= 0.6 is 0 Å². The van der Waals surface area contributed by atoms with Crippen LogP contribution in [0.4, 0.5) is 0 Å². The molecule has 2 atom stereocenters. The molecule has 0 saturated heterocycles. The summed E-state index contributed by atoms with van der Waals surface area (Å²) in [5.74, 6) is -0.298. The van der Waals surface area contributed by atoms with Crippen molar-refractivity contribution in [1.82, 2.24) is 9.55 Å². The van der Waals surface area contributed by atoms with E-state index >= 15 is 0 Å². The van der Waals surface area contributed by atoms with E-state index < -0.39 is 23.0 Å². The zero-order chi connectivity index (χ0) is 23.5. The number of hydrogen-bond donors (Lipinski definition) is 2. The van der Waals surface area contributed by atoms with Gasteiger partial charge in [-0.2, -0.15) is 0 Å². The normalized spacial score (nSPS) is 24.7. The molecule has 2 aliphatic carbocycles. The van der Waals surface area contributed by atoms with E-state index in [1.165, 1.54) is 12.3 Å². The number of nitrogens with zero attached hydrogens (tertiary/aromatic N) is 2. The molecular formula is C25H30N2O6. The Morgan fingerprint density at radius 3 is 2.67 bits per heavy atom. The number of rotatable bonds is 7. The van der Waals surface area contributed by atoms with E-state index in [9.17, 15) is 19.8 Å². The van der Waals surface area contributed by atoms with Crippen LogP contribution in [-0.4, -0.2) is 46.1 Å². The number of carbonyl (C=O) groups is 1. The van der Waals surface area contributed by atoms with Crippen LogP contribution in [0.2, 0.25) is 0 Å². The molecule has 8 heteroatoms. The Kier molecular flexibility index (Phi) is 5.14. The van der Waals surface area contributed by atoms with Gasteiger partial charge in [0.2, 0.25) is 0 Å². The van der Waals surface area contributed by atoms with Crippen LogP contribution in [-0.2, 0) is 10.3 Å². The van der Waals surface area contributed by atoms with Crippen molar-refractivity contribution in [3.8, 4) is 17.1 Å². The number of aliphatic hydroxyl groups is 1. The fourth-order valence-corrected chi connectivity index (χ4v) is 5.62. The zero-order valence-corrected chi connectivity index (χ0v) is 19.3. The molecule has 8 nitrogen and oxygen atoms in total. The van der Waals surface area contributed by atoms with Crippen molar-refractivity contribution in [2.24, 2.45) is 5.41 Å². The minimum atomic E-state index is -1.27. The maximum Gasteiger partial charge on any atom is 0.341 e. The first kappa shape index (κ1) is 22.1. The lowest BCUT2D eigenvalue weighted by Crippen LogP contribution is -2.43. The van der Waals surface area contributed by atoms with Crippen LogP contribution in [0.5, 0.6) is 5.75 Å². The Hall–Kier alpha value is -2.71. The second kappa shape index (κ2) is 7.67. The molecule has 0 radical (unpaired) electrons. The predicted octanol–water partition coefficient (Wildman–Crippen LogP) is 3.46. The van der Waals surface area contributed by atoms with Gasteiger partial charge in [-0.1, -0.05) is 13.8 Å². The maximum absolute atomic E-state index is 12.7. The number of aromatic carboxylic acids is 1. The molecule has 0 amide bonds. The van der Waals surface area contributed by atoms with Crippen LogP contribution in [0.3, 0.4) is 0 Å². The van der Waals surface area contributed by atoms with Gasteiger partial charge >= 0.3 is 5.97 Å². The number of carboxylic acids is 1. The number of ether oxygens (including phenoxy) is 2. The summed E-state index contributed by atoms with van der Waals surface area (Å²) in [6.07, 6.45) is 5.43. The molecule has 5 rings (SSSR count). The van der Waals surface area contributed by atoms with Crippen molar-refractivity contribution >= 4 is 5.97 Å². The summed E-state index contributed by atoms with van der Waals surface area (Å²) in [5.41, 5.74) is 0.183. The smallest absolute Gasteiger partial charge is 0.341 e. The van der Waals surface area contributed by atoms with Crippen molar-refractivity contribution in [2.75, 3.05) is 20.3 Å². The molecule has 176 valence electrons. The summed E-state index contributed by atoms with van der Waals surface area (Å²) in [7, 11) is 1.66. The molecule has 1 aliphatic heterocycles. The van der Waals surface area contributed by atoms with E-state index in [0.29, 0.717) is 48.3 Å². The molecule has 1 unspecified atom stereocenters. The summed E-state index contributed by atoms with van der Waals surface area (Å²) in [5, 5.41) is 21.6. The van der Waals surface area contributed by atoms with Crippen molar-refractivity contribution in [2.45, 2.75) is 63.5 Å². The molecule has 3 heterocycles. The molecule has 2 aromatic rings. The molecule has 2 aromatic heterocycles. The van der Waals surface area contributed by atoms with Gasteiger partial charge < -0.3 is 24.3 Å². The summed E-state index contributed by atoms with van der Waals surface area (Å²) >= 11 is 0. The Labute approximate surface area is 192 Å². The SMILES string of the molecule is COCCCOc1cc2c(nc1C1CC1)-c1cc(=O)c(C(=O)O)cn1[C@@H]1C(C)(C)CCC21O. The van der Waals surface area contributed by atoms with Gasteiger partial charge in [-0.15, -0.1) is 0 Å². The maximum atomic E-state index is 12.7. The first-order valence-electron chi connectivity index (χ1n) is 11.6. The predicted molar refractivity (Wildman–Crippen MR) is 121 cm³/mol. The number of aromatic nitrogens is 2. The van der Waals surface area contributed by atoms with Gasteiger partial charge in [0.1, 0.15) is 16.9 Å². The Morgan fingerprint density at radius 1 is 1.24 bits per heavy atom. The average molecular weight is 455 g/mol. The Morgan fingerprint density at radius 2 is 2.00 bits per heavy atom. The van der Waals surface area contributed by atoms with E-state index in [2.05, 4.69) is 13.8 Å². The highest BCUT2D eigenvalue weighted by Crippen LogP contribution is 2.61. The minimum Gasteiger partial charge on any atom is -0.492 e. The summed E-state index contributed by atoms with van der Waals surface area (Å²) in [6, 6.07) is 2.84. The number of methoxy groups -OCH3 is 1. The van der Waals surface area contributed by atoms with E-state index in [0.717, 1.165) is 31.4 Å². The topological polar surface area (TPSA) is 111 Å². The van der Waals surface area contributed by atoms with E-state index in [4.69, 9.17) is 14.5 Å². The van der Waals surface area contributed by atoms with Gasteiger partial charge in [-0.05, 0) is 37.2 Å².